The highest BCUT2D eigenvalue weighted by atomic mass is 16.5. The van der Waals surface area contributed by atoms with E-state index in [-0.39, 0.29) is 6.04 Å². The predicted molar refractivity (Wildman–Crippen MR) is 126 cm³/mol. The van der Waals surface area contributed by atoms with Crippen molar-refractivity contribution < 1.29 is 24.1 Å². The molecule has 0 radical (unpaired) electrons. The number of aliphatic hydroxyl groups is 1. The van der Waals surface area contributed by atoms with Gasteiger partial charge in [0, 0.05) is 37.1 Å². The maximum absolute atomic E-state index is 12.0. The minimum absolute atomic E-state index is 0.0736. The van der Waals surface area contributed by atoms with Crippen LogP contribution in [0.15, 0.2) is 36.5 Å². The van der Waals surface area contributed by atoms with Crippen molar-refractivity contribution in [1.29, 1.82) is 0 Å². The topological polar surface area (TPSA) is 73.3 Å². The van der Waals surface area contributed by atoms with E-state index in [0.29, 0.717) is 35.8 Å². The summed E-state index contributed by atoms with van der Waals surface area (Å²) in [6, 6.07) is 10.0. The van der Waals surface area contributed by atoms with E-state index in [1.54, 1.807) is 34.6 Å². The van der Waals surface area contributed by atoms with Gasteiger partial charge in [-0.25, -0.2) is 0 Å². The number of piperidine rings is 1. The number of nitrogens with zero attached hydrogens (tertiary/aromatic N) is 2. The molecule has 1 fully saturated rings. The Bertz CT molecular complexity index is 1200. The summed E-state index contributed by atoms with van der Waals surface area (Å²) in [4.78, 5) is 7.13. The fourth-order valence-corrected chi connectivity index (χ4v) is 5.42. The second-order valence-corrected chi connectivity index (χ2v) is 8.78. The van der Waals surface area contributed by atoms with Gasteiger partial charge in [-0.05, 0) is 59.7 Å². The number of rotatable bonds is 5. The highest BCUT2D eigenvalue weighted by Crippen LogP contribution is 2.48. The minimum Gasteiger partial charge on any atom is -0.493 e. The van der Waals surface area contributed by atoms with Crippen LogP contribution in [-0.4, -0.2) is 56.5 Å². The van der Waals surface area contributed by atoms with Crippen LogP contribution in [0.1, 0.15) is 35.7 Å². The molecule has 0 saturated carbocycles. The molecular weight excluding hydrogens is 420 g/mol. The van der Waals surface area contributed by atoms with Crippen molar-refractivity contribution in [3.05, 3.63) is 53.3 Å². The molecule has 7 heteroatoms. The molecule has 5 rings (SSSR count). The van der Waals surface area contributed by atoms with Gasteiger partial charge < -0.3 is 24.1 Å². The van der Waals surface area contributed by atoms with E-state index in [2.05, 4.69) is 22.0 Å². The van der Waals surface area contributed by atoms with Gasteiger partial charge in [-0.1, -0.05) is 0 Å². The molecule has 2 atom stereocenters. The van der Waals surface area contributed by atoms with Gasteiger partial charge in [0.15, 0.2) is 23.0 Å². The summed E-state index contributed by atoms with van der Waals surface area (Å²) in [6.07, 6.45) is 3.88. The first-order valence-electron chi connectivity index (χ1n) is 11.2. The zero-order valence-electron chi connectivity index (χ0n) is 19.6. The molecule has 0 unspecified atom stereocenters. The third-order valence-electron chi connectivity index (χ3n) is 7.17. The third-order valence-corrected chi connectivity index (χ3v) is 7.17. The van der Waals surface area contributed by atoms with Crippen molar-refractivity contribution in [2.75, 3.05) is 41.5 Å². The average Bonchev–Trinajstić information content (AvgIpc) is 2.86. The molecule has 3 heterocycles. The Labute approximate surface area is 193 Å². The number of methoxy groups -OCH3 is 4. The minimum atomic E-state index is -1.07. The maximum atomic E-state index is 12.0. The fourth-order valence-electron chi connectivity index (χ4n) is 5.42. The van der Waals surface area contributed by atoms with E-state index in [0.717, 1.165) is 36.0 Å². The molecule has 2 aliphatic heterocycles. The Morgan fingerprint density at radius 1 is 0.909 bits per heavy atom. The third kappa shape index (κ3) is 3.56. The number of ether oxygens (including phenoxy) is 4. The van der Waals surface area contributed by atoms with Crippen molar-refractivity contribution in [3.8, 4) is 23.0 Å². The predicted octanol–water partition coefficient (Wildman–Crippen LogP) is 3.85. The van der Waals surface area contributed by atoms with Crippen molar-refractivity contribution in [3.63, 3.8) is 0 Å². The van der Waals surface area contributed by atoms with Gasteiger partial charge in [0.1, 0.15) is 5.60 Å². The van der Waals surface area contributed by atoms with Crippen LogP contribution in [0.3, 0.4) is 0 Å². The number of hydrogen-bond donors (Lipinski definition) is 1. The number of benzene rings is 2. The van der Waals surface area contributed by atoms with Crippen LogP contribution < -0.4 is 18.9 Å². The lowest BCUT2D eigenvalue weighted by molar-refractivity contribution is -0.0575. The summed E-state index contributed by atoms with van der Waals surface area (Å²) < 4.78 is 22.1. The number of hydrogen-bond acceptors (Lipinski definition) is 7. The summed E-state index contributed by atoms with van der Waals surface area (Å²) in [5.74, 6) is 2.74. The van der Waals surface area contributed by atoms with Gasteiger partial charge in [0.2, 0.25) is 0 Å². The zero-order valence-corrected chi connectivity index (χ0v) is 19.6. The highest BCUT2D eigenvalue weighted by Gasteiger charge is 2.44. The second-order valence-electron chi connectivity index (χ2n) is 8.78. The van der Waals surface area contributed by atoms with Crippen LogP contribution >= 0.6 is 0 Å². The largest absolute Gasteiger partial charge is 0.493 e. The standard InChI is InChI=1S/C26H30N2O5/c1-30-21-11-16-5-8-27-25(19(16)14-24(21)33-4)26(29)7-10-28-9-6-17-12-22(31-2)23(32-3)13-18(17)20(28)15-26/h5,8,11-14,20,29H,6-7,9-10,15H2,1-4H3/t20-,26-/m0/s1. The van der Waals surface area contributed by atoms with E-state index in [9.17, 15) is 5.11 Å². The summed E-state index contributed by atoms with van der Waals surface area (Å²) in [5, 5.41) is 13.9. The molecule has 1 N–H and O–H groups in total. The lowest BCUT2D eigenvalue weighted by Crippen LogP contribution is -2.47. The van der Waals surface area contributed by atoms with Gasteiger partial charge in [0.25, 0.3) is 0 Å². The van der Waals surface area contributed by atoms with Crippen LogP contribution in [0.25, 0.3) is 10.8 Å². The van der Waals surface area contributed by atoms with Crippen LogP contribution in [0, 0.1) is 0 Å². The van der Waals surface area contributed by atoms with Crippen molar-refractivity contribution in [2.24, 2.45) is 0 Å². The molecule has 0 bridgehead atoms. The molecule has 0 amide bonds. The molecule has 1 saturated heterocycles. The van der Waals surface area contributed by atoms with Crippen molar-refractivity contribution >= 4 is 10.8 Å². The molecule has 3 aromatic rings. The SMILES string of the molecule is COc1cc2c(cc1OC)[C@@H]1C[C@](O)(c3nccc4cc(OC)c(OC)cc34)CCN1CC2. The van der Waals surface area contributed by atoms with E-state index in [1.165, 1.54) is 11.1 Å². The van der Waals surface area contributed by atoms with Gasteiger partial charge in [-0.2, -0.15) is 0 Å². The normalized spacial score (nSPS) is 22.4. The number of pyridine rings is 1. The number of fused-ring (bicyclic) bond motifs is 4. The van der Waals surface area contributed by atoms with Crippen LogP contribution in [0.5, 0.6) is 23.0 Å². The Kier molecular flexibility index (Phi) is 5.54. The first-order chi connectivity index (χ1) is 16.0. The Hall–Kier alpha value is -3.03. The summed E-state index contributed by atoms with van der Waals surface area (Å²) in [7, 11) is 6.56. The summed E-state index contributed by atoms with van der Waals surface area (Å²) in [5.41, 5.74) is 2.06. The molecule has 174 valence electrons. The van der Waals surface area contributed by atoms with E-state index < -0.39 is 5.60 Å². The first-order valence-corrected chi connectivity index (χ1v) is 11.2. The lowest BCUT2D eigenvalue weighted by Gasteiger charge is -2.47. The monoisotopic (exact) mass is 450 g/mol. The van der Waals surface area contributed by atoms with Crippen LogP contribution in [0.2, 0.25) is 0 Å². The van der Waals surface area contributed by atoms with Crippen molar-refractivity contribution in [2.45, 2.75) is 30.9 Å². The Morgan fingerprint density at radius 3 is 2.30 bits per heavy atom. The first kappa shape index (κ1) is 21.8. The molecular formula is C26H30N2O5. The van der Waals surface area contributed by atoms with Gasteiger partial charge >= 0.3 is 0 Å². The molecule has 2 aliphatic rings. The number of aromatic nitrogens is 1. The maximum Gasteiger partial charge on any atom is 0.161 e. The highest BCUT2D eigenvalue weighted by molar-refractivity contribution is 5.88. The molecule has 0 spiro atoms. The molecule has 2 aromatic carbocycles. The van der Waals surface area contributed by atoms with Gasteiger partial charge in [0.05, 0.1) is 34.1 Å². The van der Waals surface area contributed by atoms with Gasteiger partial charge in [-0.15, -0.1) is 0 Å². The Morgan fingerprint density at radius 2 is 1.58 bits per heavy atom. The van der Waals surface area contributed by atoms with Crippen LogP contribution in [-0.2, 0) is 12.0 Å². The van der Waals surface area contributed by atoms with E-state index in [4.69, 9.17) is 18.9 Å². The van der Waals surface area contributed by atoms with Crippen molar-refractivity contribution in [1.82, 2.24) is 9.88 Å². The Balaban J connectivity index is 1.59. The molecule has 7 nitrogen and oxygen atoms in total. The zero-order chi connectivity index (χ0) is 23.2. The summed E-state index contributed by atoms with van der Waals surface area (Å²) in [6.45, 7) is 1.75. The smallest absolute Gasteiger partial charge is 0.161 e. The van der Waals surface area contributed by atoms with Crippen LogP contribution in [0.4, 0.5) is 0 Å². The summed E-state index contributed by atoms with van der Waals surface area (Å²) >= 11 is 0. The quantitative estimate of drug-likeness (QED) is 0.633. The van der Waals surface area contributed by atoms with E-state index in [1.807, 2.05) is 18.2 Å². The second kappa shape index (κ2) is 8.39. The fraction of sp³-hybridized carbons (Fsp3) is 0.423. The average molecular weight is 451 g/mol. The molecule has 0 aliphatic carbocycles. The molecule has 1 aromatic heterocycles. The lowest BCUT2D eigenvalue weighted by atomic mass is 9.77. The van der Waals surface area contributed by atoms with Gasteiger partial charge in [-0.3, -0.25) is 9.88 Å². The molecule has 33 heavy (non-hydrogen) atoms. The van der Waals surface area contributed by atoms with E-state index >= 15 is 0 Å².